The zero-order chi connectivity index (χ0) is 26.8. The minimum absolute atomic E-state index is 0.0341. The summed E-state index contributed by atoms with van der Waals surface area (Å²) in [4.78, 5) is 14.8. The Labute approximate surface area is 235 Å². The first kappa shape index (κ1) is 27.2. The van der Waals surface area contributed by atoms with Crippen molar-refractivity contribution in [3.8, 4) is 5.75 Å². The summed E-state index contributed by atoms with van der Waals surface area (Å²) >= 11 is 13.4. The summed E-state index contributed by atoms with van der Waals surface area (Å²) in [5.41, 5.74) is 5.17. The molecule has 1 amide bonds. The Hall–Kier alpha value is -2.33. The summed E-state index contributed by atoms with van der Waals surface area (Å²) < 4.78 is 21.5. The fourth-order valence-electron chi connectivity index (χ4n) is 4.84. The number of ether oxygens (including phenoxy) is 1. The third kappa shape index (κ3) is 6.11. The summed E-state index contributed by atoms with van der Waals surface area (Å²) in [6, 6.07) is 18.9. The van der Waals surface area contributed by atoms with Crippen LogP contribution in [0.3, 0.4) is 0 Å². The average Bonchev–Trinajstić information content (AvgIpc) is 3.73. The Morgan fingerprint density at radius 1 is 1.13 bits per heavy atom. The quantitative estimate of drug-likeness (QED) is 0.206. The minimum atomic E-state index is -0.711. The molecule has 2 fully saturated rings. The van der Waals surface area contributed by atoms with Gasteiger partial charge >= 0.3 is 0 Å². The van der Waals surface area contributed by atoms with Gasteiger partial charge in [-0.15, -0.1) is 0 Å². The van der Waals surface area contributed by atoms with Crippen molar-refractivity contribution in [3.63, 3.8) is 0 Å². The SMILES string of the molecule is CSN(O)NC(=O)c1cc(C2CC2)c(OCC2CN(C(c3ccccc3)c3ccc(Cl)c(Cl)c3)C2)cc1F. The second kappa shape index (κ2) is 11.8. The van der Waals surface area contributed by atoms with Crippen LogP contribution in [0.4, 0.5) is 4.39 Å². The van der Waals surface area contributed by atoms with Crippen LogP contribution in [0.15, 0.2) is 60.7 Å². The summed E-state index contributed by atoms with van der Waals surface area (Å²) in [5, 5.41) is 10.6. The van der Waals surface area contributed by atoms with Crippen molar-refractivity contribution in [3.05, 3.63) is 98.8 Å². The number of nitrogens with zero attached hydrogens (tertiary/aromatic N) is 2. The van der Waals surface area contributed by atoms with Crippen LogP contribution < -0.4 is 10.2 Å². The molecule has 1 atom stereocenters. The molecule has 0 spiro atoms. The van der Waals surface area contributed by atoms with E-state index in [1.165, 1.54) is 11.6 Å². The van der Waals surface area contributed by atoms with Crippen molar-refractivity contribution in [2.24, 2.45) is 5.92 Å². The molecular weight excluding hydrogens is 548 g/mol. The van der Waals surface area contributed by atoms with Gasteiger partial charge in [0.05, 0.1) is 28.3 Å². The fraction of sp³-hybridized carbons (Fsp3) is 0.321. The maximum absolute atomic E-state index is 14.9. The van der Waals surface area contributed by atoms with Crippen LogP contribution in [0.1, 0.15) is 51.8 Å². The highest BCUT2D eigenvalue weighted by Gasteiger charge is 2.35. The third-order valence-electron chi connectivity index (χ3n) is 6.93. The van der Waals surface area contributed by atoms with E-state index in [0.717, 1.165) is 49.0 Å². The molecular formula is C28H28Cl2FN3O3S. The van der Waals surface area contributed by atoms with Crippen molar-refractivity contribution in [1.82, 2.24) is 14.9 Å². The molecule has 1 saturated carbocycles. The van der Waals surface area contributed by atoms with E-state index < -0.39 is 11.7 Å². The average molecular weight is 577 g/mol. The number of hydrazine groups is 1. The predicted molar refractivity (Wildman–Crippen MR) is 148 cm³/mol. The van der Waals surface area contributed by atoms with E-state index in [2.05, 4.69) is 22.5 Å². The Kier molecular flexibility index (Phi) is 8.47. The van der Waals surface area contributed by atoms with Gasteiger partial charge in [-0.2, -0.15) is 0 Å². The minimum Gasteiger partial charge on any atom is -0.493 e. The molecule has 0 radical (unpaired) electrons. The second-order valence-electron chi connectivity index (χ2n) is 9.66. The molecule has 0 aromatic heterocycles. The van der Waals surface area contributed by atoms with Crippen LogP contribution >= 0.6 is 35.1 Å². The maximum Gasteiger partial charge on any atom is 0.271 e. The van der Waals surface area contributed by atoms with Crippen molar-refractivity contribution in [2.75, 3.05) is 26.0 Å². The molecule has 1 heterocycles. The van der Waals surface area contributed by atoms with Gasteiger partial charge in [0.15, 0.2) is 0 Å². The second-order valence-corrected chi connectivity index (χ2v) is 11.2. The largest absolute Gasteiger partial charge is 0.493 e. The fourth-order valence-corrected chi connectivity index (χ4v) is 5.32. The van der Waals surface area contributed by atoms with Crippen LogP contribution in [0.25, 0.3) is 0 Å². The van der Waals surface area contributed by atoms with Crippen LogP contribution in [-0.4, -0.2) is 46.5 Å². The summed E-state index contributed by atoms with van der Waals surface area (Å²) in [6.07, 6.45) is 3.52. The lowest BCUT2D eigenvalue weighted by atomic mass is 9.90. The number of benzene rings is 3. The van der Waals surface area contributed by atoms with Crippen molar-refractivity contribution in [1.29, 1.82) is 0 Å². The van der Waals surface area contributed by atoms with Gasteiger partial charge < -0.3 is 4.74 Å². The molecule has 1 saturated heterocycles. The number of carbonyl (C=O) groups excluding carboxylic acids is 1. The number of halogens is 3. The lowest BCUT2D eigenvalue weighted by Crippen LogP contribution is -2.51. The Balaban J connectivity index is 1.27. The number of likely N-dealkylation sites (tertiary alicyclic amines) is 1. The Bertz CT molecular complexity index is 1310. The Morgan fingerprint density at radius 3 is 2.53 bits per heavy atom. The van der Waals surface area contributed by atoms with Gasteiger partial charge in [0.25, 0.3) is 5.91 Å². The van der Waals surface area contributed by atoms with E-state index in [1.54, 1.807) is 12.3 Å². The van der Waals surface area contributed by atoms with Crippen LogP contribution in [0, 0.1) is 11.7 Å². The number of rotatable bonds is 10. The van der Waals surface area contributed by atoms with E-state index in [9.17, 15) is 14.4 Å². The standard InChI is InChI=1S/C28H28Cl2FN3O3S/c1-38-34(36)32-28(35)22-12-21(18-7-8-18)26(13-25(22)31)37-16-17-14-33(15-17)27(19-5-3-2-4-6-19)20-9-10-23(29)24(30)11-20/h2-6,9-13,17-18,27,36H,7-8,14-16H2,1H3,(H,32,35). The zero-order valence-corrected chi connectivity index (χ0v) is 23.1. The van der Waals surface area contributed by atoms with Crippen LogP contribution in [0.2, 0.25) is 10.0 Å². The summed E-state index contributed by atoms with van der Waals surface area (Å²) in [7, 11) is 0. The molecule has 2 N–H and O–H groups in total. The first-order valence-corrected chi connectivity index (χ1v) is 14.3. The lowest BCUT2D eigenvalue weighted by molar-refractivity contribution is -0.0242. The van der Waals surface area contributed by atoms with Gasteiger partial charge in [0, 0.05) is 31.3 Å². The maximum atomic E-state index is 14.9. The van der Waals surface area contributed by atoms with Crippen molar-refractivity contribution in [2.45, 2.75) is 24.8 Å². The van der Waals surface area contributed by atoms with E-state index >= 15 is 0 Å². The van der Waals surface area contributed by atoms with E-state index in [0.29, 0.717) is 27.0 Å². The van der Waals surface area contributed by atoms with Crippen LogP contribution in [-0.2, 0) is 0 Å². The van der Waals surface area contributed by atoms with Gasteiger partial charge in [-0.25, -0.2) is 4.39 Å². The lowest BCUT2D eigenvalue weighted by Gasteiger charge is -2.44. The molecule has 5 rings (SSSR count). The number of nitrogens with one attached hydrogen (secondary N) is 1. The molecule has 1 aliphatic carbocycles. The number of hydrogen-bond acceptors (Lipinski definition) is 6. The van der Waals surface area contributed by atoms with Gasteiger partial charge in [-0.1, -0.05) is 59.6 Å². The molecule has 38 heavy (non-hydrogen) atoms. The highest BCUT2D eigenvalue weighted by atomic mass is 35.5. The number of hydrogen-bond donors (Lipinski definition) is 2. The number of amides is 1. The van der Waals surface area contributed by atoms with Gasteiger partial charge in [0.2, 0.25) is 0 Å². The number of carbonyl (C=O) groups is 1. The normalized spacial score (nSPS) is 16.8. The smallest absolute Gasteiger partial charge is 0.271 e. The molecule has 3 aromatic carbocycles. The molecule has 3 aromatic rings. The first-order chi connectivity index (χ1) is 18.3. The molecule has 200 valence electrons. The monoisotopic (exact) mass is 575 g/mol. The zero-order valence-electron chi connectivity index (χ0n) is 20.7. The van der Waals surface area contributed by atoms with Crippen LogP contribution in [0.5, 0.6) is 5.75 Å². The van der Waals surface area contributed by atoms with Crippen molar-refractivity contribution >= 4 is 41.1 Å². The van der Waals surface area contributed by atoms with E-state index in [-0.39, 0.29) is 23.4 Å². The third-order valence-corrected chi connectivity index (χ3v) is 8.11. The molecule has 2 aliphatic rings. The Morgan fingerprint density at radius 2 is 1.87 bits per heavy atom. The van der Waals surface area contributed by atoms with E-state index in [1.807, 2.05) is 36.4 Å². The molecule has 6 nitrogen and oxygen atoms in total. The topological polar surface area (TPSA) is 65.0 Å². The summed E-state index contributed by atoms with van der Waals surface area (Å²) in [5.74, 6) is -0.397. The van der Waals surface area contributed by atoms with Gasteiger partial charge in [0.1, 0.15) is 11.6 Å². The highest BCUT2D eigenvalue weighted by Crippen LogP contribution is 2.45. The van der Waals surface area contributed by atoms with E-state index in [4.69, 9.17) is 27.9 Å². The van der Waals surface area contributed by atoms with Gasteiger partial charge in [-0.3, -0.25) is 20.3 Å². The molecule has 1 aliphatic heterocycles. The summed E-state index contributed by atoms with van der Waals surface area (Å²) in [6.45, 7) is 2.06. The van der Waals surface area contributed by atoms with Gasteiger partial charge in [-0.05, 0) is 70.2 Å². The van der Waals surface area contributed by atoms with Crippen molar-refractivity contribution < 1.29 is 19.1 Å². The molecule has 10 heteroatoms. The highest BCUT2D eigenvalue weighted by molar-refractivity contribution is 7.96. The molecule has 1 unspecified atom stereocenters. The predicted octanol–water partition coefficient (Wildman–Crippen LogP) is 6.72. The first-order valence-electron chi connectivity index (χ1n) is 12.4. The molecule has 0 bridgehead atoms.